The monoisotopic (exact) mass is 310 g/mol. The molecule has 0 aliphatic carbocycles. The van der Waals surface area contributed by atoms with Crippen molar-refractivity contribution in [2.75, 3.05) is 20.1 Å². The normalized spacial score (nSPS) is 25.1. The lowest BCUT2D eigenvalue weighted by atomic mass is 9.74. The number of benzene rings is 1. The van der Waals surface area contributed by atoms with Crippen LogP contribution in [0.15, 0.2) is 28.7 Å². The van der Waals surface area contributed by atoms with Crippen LogP contribution in [0.5, 0.6) is 0 Å². The SMILES string of the molecule is CN1CCC(CN)(c2ccccc2Br)CCC1=O. The maximum Gasteiger partial charge on any atom is 0.222 e. The molecule has 2 rings (SSSR count). The fraction of sp³-hybridized carbons (Fsp3) is 0.500. The van der Waals surface area contributed by atoms with Crippen molar-refractivity contribution in [3.63, 3.8) is 0 Å². The Morgan fingerprint density at radius 1 is 1.39 bits per heavy atom. The van der Waals surface area contributed by atoms with Gasteiger partial charge in [0, 0.05) is 36.4 Å². The van der Waals surface area contributed by atoms with E-state index < -0.39 is 0 Å². The molecule has 1 unspecified atom stereocenters. The fourth-order valence-electron chi connectivity index (χ4n) is 2.64. The van der Waals surface area contributed by atoms with E-state index in [4.69, 9.17) is 5.73 Å². The summed E-state index contributed by atoms with van der Waals surface area (Å²) in [6.45, 7) is 1.36. The number of nitrogens with zero attached hydrogens (tertiary/aromatic N) is 1. The number of halogens is 1. The minimum atomic E-state index is -0.0828. The van der Waals surface area contributed by atoms with E-state index in [0.29, 0.717) is 13.0 Å². The van der Waals surface area contributed by atoms with Gasteiger partial charge in [-0.2, -0.15) is 0 Å². The van der Waals surface area contributed by atoms with Crippen LogP contribution < -0.4 is 5.73 Å². The zero-order valence-electron chi connectivity index (χ0n) is 10.7. The van der Waals surface area contributed by atoms with E-state index in [1.807, 2.05) is 30.1 Å². The molecule has 98 valence electrons. The van der Waals surface area contributed by atoms with Crippen molar-refractivity contribution < 1.29 is 4.79 Å². The molecule has 1 aliphatic heterocycles. The second-order valence-electron chi connectivity index (χ2n) is 5.03. The van der Waals surface area contributed by atoms with Gasteiger partial charge in [0.2, 0.25) is 5.91 Å². The van der Waals surface area contributed by atoms with Crippen molar-refractivity contribution in [1.29, 1.82) is 0 Å². The lowest BCUT2D eigenvalue weighted by molar-refractivity contribution is -0.129. The molecule has 1 aromatic rings. The van der Waals surface area contributed by atoms with Gasteiger partial charge in [0.25, 0.3) is 0 Å². The van der Waals surface area contributed by atoms with E-state index in [9.17, 15) is 4.79 Å². The Morgan fingerprint density at radius 2 is 2.11 bits per heavy atom. The summed E-state index contributed by atoms with van der Waals surface area (Å²) in [6, 6.07) is 8.20. The van der Waals surface area contributed by atoms with Crippen molar-refractivity contribution in [1.82, 2.24) is 4.90 Å². The minimum absolute atomic E-state index is 0.0828. The van der Waals surface area contributed by atoms with Crippen LogP contribution in [0.25, 0.3) is 0 Å². The van der Waals surface area contributed by atoms with Crippen molar-refractivity contribution >= 4 is 21.8 Å². The zero-order valence-corrected chi connectivity index (χ0v) is 12.2. The Hall–Kier alpha value is -0.870. The van der Waals surface area contributed by atoms with Gasteiger partial charge in [-0.05, 0) is 24.5 Å². The predicted molar refractivity (Wildman–Crippen MR) is 76.4 cm³/mol. The Labute approximate surface area is 116 Å². The number of nitrogens with two attached hydrogens (primary N) is 1. The Kier molecular flexibility index (Phi) is 4.07. The van der Waals surface area contributed by atoms with Crippen LogP contribution in [0.3, 0.4) is 0 Å². The highest BCUT2D eigenvalue weighted by atomic mass is 79.9. The van der Waals surface area contributed by atoms with E-state index in [1.165, 1.54) is 5.56 Å². The summed E-state index contributed by atoms with van der Waals surface area (Å²) >= 11 is 3.61. The van der Waals surface area contributed by atoms with E-state index in [2.05, 4.69) is 22.0 Å². The molecule has 0 aromatic heterocycles. The van der Waals surface area contributed by atoms with Gasteiger partial charge in [0.1, 0.15) is 0 Å². The first-order valence-corrected chi connectivity index (χ1v) is 7.07. The molecule has 1 saturated heterocycles. The average Bonchev–Trinajstić information content (AvgIpc) is 2.53. The molecule has 0 bridgehead atoms. The highest BCUT2D eigenvalue weighted by Crippen LogP contribution is 2.38. The summed E-state index contributed by atoms with van der Waals surface area (Å²) in [5.74, 6) is 0.220. The lowest BCUT2D eigenvalue weighted by Gasteiger charge is -2.32. The summed E-state index contributed by atoms with van der Waals surface area (Å²) in [5, 5.41) is 0. The van der Waals surface area contributed by atoms with Crippen LogP contribution in [0.4, 0.5) is 0 Å². The van der Waals surface area contributed by atoms with Gasteiger partial charge < -0.3 is 10.6 Å². The molecule has 18 heavy (non-hydrogen) atoms. The van der Waals surface area contributed by atoms with Gasteiger partial charge in [-0.3, -0.25) is 4.79 Å². The van der Waals surface area contributed by atoms with Crippen molar-refractivity contribution in [3.8, 4) is 0 Å². The number of rotatable bonds is 2. The molecule has 0 saturated carbocycles. The third-order valence-electron chi connectivity index (χ3n) is 4.00. The highest BCUT2D eigenvalue weighted by molar-refractivity contribution is 9.10. The molecular formula is C14H19BrN2O. The Balaban J connectivity index is 2.37. The van der Waals surface area contributed by atoms with E-state index in [0.717, 1.165) is 23.9 Å². The topological polar surface area (TPSA) is 46.3 Å². The van der Waals surface area contributed by atoms with E-state index in [-0.39, 0.29) is 11.3 Å². The molecule has 1 aliphatic rings. The third kappa shape index (κ3) is 2.45. The van der Waals surface area contributed by atoms with Gasteiger partial charge >= 0.3 is 0 Å². The number of amides is 1. The summed E-state index contributed by atoms with van der Waals surface area (Å²) in [5.41, 5.74) is 7.20. The smallest absolute Gasteiger partial charge is 0.222 e. The molecule has 1 aromatic carbocycles. The summed E-state index contributed by atoms with van der Waals surface area (Å²) in [4.78, 5) is 13.6. The second kappa shape index (κ2) is 5.41. The van der Waals surface area contributed by atoms with Crippen LogP contribution in [0, 0.1) is 0 Å². The first kappa shape index (κ1) is 13.6. The van der Waals surface area contributed by atoms with Crippen molar-refractivity contribution in [2.45, 2.75) is 24.7 Å². The van der Waals surface area contributed by atoms with Gasteiger partial charge in [0.05, 0.1) is 0 Å². The quantitative estimate of drug-likeness (QED) is 0.911. The van der Waals surface area contributed by atoms with Crippen LogP contribution in [-0.4, -0.2) is 30.9 Å². The molecule has 1 atom stereocenters. The number of likely N-dealkylation sites (tertiary alicyclic amines) is 1. The molecule has 3 nitrogen and oxygen atoms in total. The molecule has 1 amide bonds. The standard InChI is InChI=1S/C14H19BrN2O/c1-17-9-8-14(10-16,7-6-13(17)18)11-4-2-3-5-12(11)15/h2-5H,6-10,16H2,1H3. The third-order valence-corrected chi connectivity index (χ3v) is 4.70. The molecule has 4 heteroatoms. The van der Waals surface area contributed by atoms with Crippen LogP contribution >= 0.6 is 15.9 Å². The van der Waals surface area contributed by atoms with Gasteiger partial charge in [-0.15, -0.1) is 0 Å². The highest BCUT2D eigenvalue weighted by Gasteiger charge is 2.35. The molecule has 0 radical (unpaired) electrons. The molecule has 1 heterocycles. The zero-order chi connectivity index (χ0) is 13.2. The summed E-state index contributed by atoms with van der Waals surface area (Å²) in [6.07, 6.45) is 2.33. The number of carbonyl (C=O) groups excluding carboxylic acids is 1. The van der Waals surface area contributed by atoms with Crippen molar-refractivity contribution in [2.24, 2.45) is 5.73 Å². The molecule has 2 N–H and O–H groups in total. The van der Waals surface area contributed by atoms with E-state index >= 15 is 0 Å². The van der Waals surface area contributed by atoms with Gasteiger partial charge in [0.15, 0.2) is 0 Å². The first-order valence-electron chi connectivity index (χ1n) is 6.28. The van der Waals surface area contributed by atoms with Gasteiger partial charge in [-0.25, -0.2) is 0 Å². The molecule has 1 fully saturated rings. The summed E-state index contributed by atoms with van der Waals surface area (Å²) < 4.78 is 1.09. The summed E-state index contributed by atoms with van der Waals surface area (Å²) in [7, 11) is 1.87. The first-order chi connectivity index (χ1) is 8.59. The molecular weight excluding hydrogens is 292 g/mol. The Bertz CT molecular complexity index is 449. The maximum atomic E-state index is 11.8. The van der Waals surface area contributed by atoms with Crippen LogP contribution in [-0.2, 0) is 10.2 Å². The van der Waals surface area contributed by atoms with Crippen molar-refractivity contribution in [3.05, 3.63) is 34.3 Å². The molecule has 0 spiro atoms. The lowest BCUT2D eigenvalue weighted by Crippen LogP contribution is -2.36. The Morgan fingerprint density at radius 3 is 2.78 bits per heavy atom. The number of hydrogen-bond donors (Lipinski definition) is 1. The number of hydrogen-bond acceptors (Lipinski definition) is 2. The maximum absolute atomic E-state index is 11.8. The number of carbonyl (C=O) groups is 1. The van der Waals surface area contributed by atoms with Crippen LogP contribution in [0.2, 0.25) is 0 Å². The van der Waals surface area contributed by atoms with E-state index in [1.54, 1.807) is 0 Å². The largest absolute Gasteiger partial charge is 0.346 e. The minimum Gasteiger partial charge on any atom is -0.346 e. The van der Waals surface area contributed by atoms with Gasteiger partial charge in [-0.1, -0.05) is 34.1 Å². The predicted octanol–water partition coefficient (Wildman–Crippen LogP) is 2.29. The fourth-order valence-corrected chi connectivity index (χ4v) is 3.35. The van der Waals surface area contributed by atoms with Crippen LogP contribution in [0.1, 0.15) is 24.8 Å². The average molecular weight is 311 g/mol. The second-order valence-corrected chi connectivity index (χ2v) is 5.88.